The minimum Gasteiger partial charge on any atom is -0.480 e. The van der Waals surface area contributed by atoms with Gasteiger partial charge in [-0.05, 0) is 48.9 Å². The summed E-state index contributed by atoms with van der Waals surface area (Å²) in [5.41, 5.74) is 4.65. The Balaban J connectivity index is 2.52. The lowest BCUT2D eigenvalue weighted by Gasteiger charge is -2.32. The molecule has 17 heavy (non-hydrogen) atoms. The molecule has 0 bridgehead atoms. The van der Waals surface area contributed by atoms with Gasteiger partial charge in [0.15, 0.2) is 0 Å². The highest BCUT2D eigenvalue weighted by Gasteiger charge is 2.31. The summed E-state index contributed by atoms with van der Waals surface area (Å²) in [6.07, 6.45) is 1.89. The third-order valence-electron chi connectivity index (χ3n) is 3.81. The smallest absolute Gasteiger partial charge is 0.325 e. The van der Waals surface area contributed by atoms with Gasteiger partial charge in [0.25, 0.3) is 0 Å². The molecule has 0 amide bonds. The van der Waals surface area contributed by atoms with Crippen LogP contribution in [0.1, 0.15) is 41.6 Å². The largest absolute Gasteiger partial charge is 0.480 e. The van der Waals surface area contributed by atoms with E-state index in [4.69, 9.17) is 0 Å². The van der Waals surface area contributed by atoms with Crippen molar-refractivity contribution >= 4 is 5.97 Å². The van der Waals surface area contributed by atoms with Crippen molar-refractivity contribution in [3.63, 3.8) is 0 Å². The zero-order chi connectivity index (χ0) is 12.6. The monoisotopic (exact) mass is 233 g/mol. The molecule has 0 aliphatic carbocycles. The van der Waals surface area contributed by atoms with E-state index in [0.717, 1.165) is 18.4 Å². The number of carboxylic acids is 1. The van der Waals surface area contributed by atoms with Crippen molar-refractivity contribution in [2.75, 3.05) is 0 Å². The van der Waals surface area contributed by atoms with Gasteiger partial charge in [-0.2, -0.15) is 0 Å². The predicted molar refractivity (Wildman–Crippen MR) is 67.2 cm³/mol. The minimum atomic E-state index is -0.785. The molecule has 92 valence electrons. The van der Waals surface area contributed by atoms with Crippen LogP contribution < -0.4 is 5.32 Å². The van der Waals surface area contributed by atoms with Crippen molar-refractivity contribution in [3.05, 3.63) is 34.4 Å². The highest BCUT2D eigenvalue weighted by atomic mass is 16.4. The van der Waals surface area contributed by atoms with E-state index in [2.05, 4.69) is 26.1 Å². The lowest BCUT2D eigenvalue weighted by Crippen LogP contribution is -2.42. The third-order valence-corrected chi connectivity index (χ3v) is 3.81. The number of aryl methyl sites for hydroxylation is 1. The van der Waals surface area contributed by atoms with Crippen LogP contribution in [0.25, 0.3) is 0 Å². The van der Waals surface area contributed by atoms with Gasteiger partial charge in [-0.15, -0.1) is 0 Å². The summed E-state index contributed by atoms with van der Waals surface area (Å²) in [7, 11) is 0. The Labute approximate surface area is 102 Å². The molecule has 1 aromatic carbocycles. The molecule has 0 radical (unpaired) electrons. The molecule has 2 unspecified atom stereocenters. The number of carbonyl (C=O) groups is 1. The first-order valence-corrected chi connectivity index (χ1v) is 6.12. The standard InChI is InChI=1S/C14H19NO2/c1-4-10-7-12-9(3)8(2)5-6-11(12)13(15-10)14(16)17/h5-6,10,13,15H,4,7H2,1-3H3,(H,16,17). The first kappa shape index (κ1) is 12.1. The zero-order valence-corrected chi connectivity index (χ0v) is 10.6. The Kier molecular flexibility index (Phi) is 3.20. The maximum Gasteiger partial charge on any atom is 0.325 e. The molecule has 3 nitrogen and oxygen atoms in total. The molecule has 3 heteroatoms. The fourth-order valence-corrected chi connectivity index (χ4v) is 2.53. The average molecular weight is 233 g/mol. The lowest BCUT2D eigenvalue weighted by atomic mass is 9.85. The molecule has 2 rings (SSSR count). The van der Waals surface area contributed by atoms with E-state index in [0.29, 0.717) is 0 Å². The zero-order valence-electron chi connectivity index (χ0n) is 10.6. The van der Waals surface area contributed by atoms with Crippen molar-refractivity contribution in [1.82, 2.24) is 5.32 Å². The van der Waals surface area contributed by atoms with Crippen LogP contribution in [0.3, 0.4) is 0 Å². The molecule has 1 aliphatic rings. The summed E-state index contributed by atoms with van der Waals surface area (Å²) >= 11 is 0. The van der Waals surface area contributed by atoms with Gasteiger partial charge in [0.05, 0.1) is 0 Å². The molecule has 0 saturated heterocycles. The Bertz CT molecular complexity index is 454. The van der Waals surface area contributed by atoms with E-state index in [-0.39, 0.29) is 6.04 Å². The van der Waals surface area contributed by atoms with Gasteiger partial charge in [-0.1, -0.05) is 19.1 Å². The summed E-state index contributed by atoms with van der Waals surface area (Å²) in [5.74, 6) is -0.785. The number of rotatable bonds is 2. The highest BCUT2D eigenvalue weighted by Crippen LogP contribution is 2.30. The second-order valence-corrected chi connectivity index (χ2v) is 4.82. The number of nitrogens with one attached hydrogen (secondary N) is 1. The van der Waals surface area contributed by atoms with E-state index in [1.165, 1.54) is 16.7 Å². The van der Waals surface area contributed by atoms with Crippen LogP contribution >= 0.6 is 0 Å². The SMILES string of the molecule is CCC1Cc2c(ccc(C)c2C)C(C(=O)O)N1. The highest BCUT2D eigenvalue weighted by molar-refractivity contribution is 5.77. The molecule has 1 aromatic rings. The maximum absolute atomic E-state index is 11.3. The van der Waals surface area contributed by atoms with Crippen LogP contribution in [0.5, 0.6) is 0 Å². The Morgan fingerprint density at radius 3 is 2.76 bits per heavy atom. The number of hydrogen-bond donors (Lipinski definition) is 2. The van der Waals surface area contributed by atoms with Crippen LogP contribution in [0.4, 0.5) is 0 Å². The van der Waals surface area contributed by atoms with Crippen LogP contribution in [0, 0.1) is 13.8 Å². The fourth-order valence-electron chi connectivity index (χ4n) is 2.53. The number of carboxylic acid groups (broad SMARTS) is 1. The first-order chi connectivity index (χ1) is 8.04. The molecular formula is C14H19NO2. The molecule has 0 aromatic heterocycles. The molecule has 0 saturated carbocycles. The summed E-state index contributed by atoms with van der Waals surface area (Å²) in [5, 5.41) is 12.5. The van der Waals surface area contributed by atoms with E-state index < -0.39 is 12.0 Å². The Hall–Kier alpha value is -1.35. The van der Waals surface area contributed by atoms with E-state index in [1.54, 1.807) is 0 Å². The van der Waals surface area contributed by atoms with Gasteiger partial charge >= 0.3 is 5.97 Å². The fraction of sp³-hybridized carbons (Fsp3) is 0.500. The van der Waals surface area contributed by atoms with Crippen molar-refractivity contribution in [2.24, 2.45) is 0 Å². The molecule has 2 N–H and O–H groups in total. The lowest BCUT2D eigenvalue weighted by molar-refractivity contribution is -0.140. The normalized spacial score (nSPS) is 23.2. The first-order valence-electron chi connectivity index (χ1n) is 6.12. The van der Waals surface area contributed by atoms with Gasteiger partial charge in [0.1, 0.15) is 6.04 Å². The van der Waals surface area contributed by atoms with Crippen LogP contribution in [-0.2, 0) is 11.2 Å². The summed E-state index contributed by atoms with van der Waals surface area (Å²) < 4.78 is 0. The second-order valence-electron chi connectivity index (χ2n) is 4.82. The van der Waals surface area contributed by atoms with Crippen molar-refractivity contribution < 1.29 is 9.90 Å². The summed E-state index contributed by atoms with van der Waals surface area (Å²) in [6, 6.07) is 3.68. The second kappa shape index (κ2) is 4.49. The Morgan fingerprint density at radius 1 is 1.47 bits per heavy atom. The average Bonchev–Trinajstić information content (AvgIpc) is 2.32. The molecule has 1 heterocycles. The van der Waals surface area contributed by atoms with Crippen LogP contribution in [-0.4, -0.2) is 17.1 Å². The van der Waals surface area contributed by atoms with E-state index >= 15 is 0 Å². The number of benzene rings is 1. The summed E-state index contributed by atoms with van der Waals surface area (Å²) in [4.78, 5) is 11.3. The van der Waals surface area contributed by atoms with Gasteiger partial charge in [-0.25, -0.2) is 0 Å². The number of fused-ring (bicyclic) bond motifs is 1. The van der Waals surface area contributed by atoms with Crippen LogP contribution in [0.2, 0.25) is 0 Å². The molecule has 0 fully saturated rings. The molecule has 2 atom stereocenters. The number of hydrogen-bond acceptors (Lipinski definition) is 2. The molecule has 0 spiro atoms. The minimum absolute atomic E-state index is 0.268. The van der Waals surface area contributed by atoms with Crippen molar-refractivity contribution in [3.8, 4) is 0 Å². The van der Waals surface area contributed by atoms with E-state index in [1.807, 2.05) is 12.1 Å². The number of aliphatic carboxylic acids is 1. The topological polar surface area (TPSA) is 49.3 Å². The summed E-state index contributed by atoms with van der Waals surface area (Å²) in [6.45, 7) is 6.26. The van der Waals surface area contributed by atoms with Crippen molar-refractivity contribution in [2.45, 2.75) is 45.7 Å². The van der Waals surface area contributed by atoms with Crippen LogP contribution in [0.15, 0.2) is 12.1 Å². The third kappa shape index (κ3) is 2.07. The quantitative estimate of drug-likeness (QED) is 0.824. The van der Waals surface area contributed by atoms with Gasteiger partial charge in [0, 0.05) is 6.04 Å². The maximum atomic E-state index is 11.3. The van der Waals surface area contributed by atoms with Crippen molar-refractivity contribution in [1.29, 1.82) is 0 Å². The van der Waals surface area contributed by atoms with Gasteiger partial charge < -0.3 is 5.11 Å². The predicted octanol–water partition coefficient (Wildman–Crippen LogP) is 2.35. The molecular weight excluding hydrogens is 214 g/mol. The molecule has 1 aliphatic heterocycles. The Morgan fingerprint density at radius 2 is 2.18 bits per heavy atom. The van der Waals surface area contributed by atoms with E-state index in [9.17, 15) is 9.90 Å². The van der Waals surface area contributed by atoms with Gasteiger partial charge in [0.2, 0.25) is 0 Å². The van der Waals surface area contributed by atoms with Gasteiger partial charge in [-0.3, -0.25) is 10.1 Å².